The van der Waals surface area contributed by atoms with Crippen molar-refractivity contribution in [3.63, 3.8) is 0 Å². The van der Waals surface area contributed by atoms with Gasteiger partial charge in [-0.25, -0.2) is 0 Å². The lowest BCUT2D eigenvalue weighted by molar-refractivity contribution is 0.107. The fourth-order valence-electron chi connectivity index (χ4n) is 4.79. The lowest BCUT2D eigenvalue weighted by Crippen LogP contribution is -2.39. The smallest absolute Gasteiger partial charge is 0.197 e. The molecule has 0 saturated heterocycles. The van der Waals surface area contributed by atoms with Crippen LogP contribution in [0, 0.1) is 0 Å². The largest absolute Gasteiger partial charge is 0.497 e. The number of hydrogen-bond donors (Lipinski definition) is 1. The topological polar surface area (TPSA) is 38.3 Å². The molecule has 0 aliphatic carbocycles. The summed E-state index contributed by atoms with van der Waals surface area (Å²) in [5.74, 6) is 0.655. The highest BCUT2D eigenvalue weighted by atomic mass is 32.1. The first-order valence-corrected chi connectivity index (χ1v) is 14.8. The average molecular weight is 546 g/mol. The minimum atomic E-state index is -2.75. The van der Waals surface area contributed by atoms with Crippen LogP contribution in [0.25, 0.3) is 0 Å². The quantitative estimate of drug-likeness (QED) is 0.138. The van der Waals surface area contributed by atoms with Crippen molar-refractivity contribution in [2.75, 3.05) is 12.4 Å². The maximum Gasteiger partial charge on any atom is 0.197 e. The van der Waals surface area contributed by atoms with Crippen molar-refractivity contribution in [1.29, 1.82) is 0 Å². The molecule has 0 bridgehead atoms. The highest BCUT2D eigenvalue weighted by Gasteiger charge is 2.35. The molecular formula is C34H28NO2PS. The van der Waals surface area contributed by atoms with Crippen molar-refractivity contribution >= 4 is 56.8 Å². The highest BCUT2D eigenvalue weighted by Crippen LogP contribution is 2.47. The zero-order chi connectivity index (χ0) is 27.1. The average Bonchev–Trinajstić information content (AvgIpc) is 3.01. The highest BCUT2D eigenvalue weighted by molar-refractivity contribution is 8.00. The van der Waals surface area contributed by atoms with Crippen LogP contribution in [-0.4, -0.2) is 23.2 Å². The molecular weight excluding hydrogens is 517 g/mol. The van der Waals surface area contributed by atoms with Crippen LogP contribution in [0.15, 0.2) is 146 Å². The van der Waals surface area contributed by atoms with Gasteiger partial charge < -0.3 is 10.1 Å². The van der Waals surface area contributed by atoms with E-state index in [1.165, 1.54) is 0 Å². The second kappa shape index (κ2) is 12.1. The molecule has 5 aromatic carbocycles. The lowest BCUT2D eigenvalue weighted by Gasteiger charge is -2.33. The Morgan fingerprint density at radius 2 is 1.03 bits per heavy atom. The van der Waals surface area contributed by atoms with Crippen LogP contribution in [0.4, 0.5) is 5.69 Å². The van der Waals surface area contributed by atoms with E-state index in [9.17, 15) is 4.79 Å². The normalized spacial score (nSPS) is 10.9. The van der Waals surface area contributed by atoms with Crippen LogP contribution >= 0.6 is 19.1 Å². The van der Waals surface area contributed by atoms with E-state index in [1.807, 2.05) is 109 Å². The standard InChI is InChI=1S/C34H28NO2PS/c1-37-28-24-22-27(23-25-28)35-34(39)33(32(36)26-14-6-2-7-15-26)38(29-16-8-3-9-17-29,30-18-10-4-11-19-30)31-20-12-5-13-21-31/h2-25H,1H3,(H,35,39). The lowest BCUT2D eigenvalue weighted by atomic mass is 10.1. The number of carbonyl (C=O) groups excluding carboxylic acids is 1. The third kappa shape index (κ3) is 5.35. The number of benzene rings is 5. The van der Waals surface area contributed by atoms with Crippen molar-refractivity contribution in [2.24, 2.45) is 0 Å². The summed E-state index contributed by atoms with van der Waals surface area (Å²) in [5, 5.41) is 7.16. The summed E-state index contributed by atoms with van der Waals surface area (Å²) in [7, 11) is 1.63. The Bertz CT molecular complexity index is 1520. The molecule has 0 amide bonds. The molecule has 0 unspecified atom stereocenters. The van der Waals surface area contributed by atoms with E-state index >= 15 is 0 Å². The molecule has 0 radical (unpaired) electrons. The molecule has 0 fully saturated rings. The summed E-state index contributed by atoms with van der Waals surface area (Å²) in [4.78, 5) is 15.1. The Labute approximate surface area is 235 Å². The summed E-state index contributed by atoms with van der Waals surface area (Å²) < 4.78 is 5.33. The summed E-state index contributed by atoms with van der Waals surface area (Å²) >= 11 is 6.17. The van der Waals surface area contributed by atoms with Crippen LogP contribution in [0.2, 0.25) is 0 Å². The van der Waals surface area contributed by atoms with Gasteiger partial charge in [0, 0.05) is 11.3 Å². The molecule has 39 heavy (non-hydrogen) atoms. The van der Waals surface area contributed by atoms with E-state index < -0.39 is 6.89 Å². The molecule has 5 rings (SSSR count). The number of anilines is 1. The number of Topliss-reactive ketones (excluding diaryl/α,β-unsaturated/α-hetero) is 1. The van der Waals surface area contributed by atoms with Crippen LogP contribution in [0.3, 0.4) is 0 Å². The van der Waals surface area contributed by atoms with Gasteiger partial charge in [0.25, 0.3) is 0 Å². The number of ketones is 1. The number of methoxy groups -OCH3 is 1. The van der Waals surface area contributed by atoms with Crippen molar-refractivity contribution < 1.29 is 9.53 Å². The summed E-state index contributed by atoms with van der Waals surface area (Å²) in [6.45, 7) is -2.75. The maximum atomic E-state index is 14.7. The monoisotopic (exact) mass is 545 g/mol. The minimum absolute atomic E-state index is 0.0912. The van der Waals surface area contributed by atoms with Crippen molar-refractivity contribution in [2.45, 2.75) is 0 Å². The van der Waals surface area contributed by atoms with Crippen LogP contribution in [-0.2, 0) is 0 Å². The van der Waals surface area contributed by atoms with Gasteiger partial charge in [-0.2, -0.15) is 0 Å². The third-order valence-corrected chi connectivity index (χ3v) is 11.4. The second-order valence-electron chi connectivity index (χ2n) is 8.90. The Morgan fingerprint density at radius 1 is 0.615 bits per heavy atom. The van der Waals surface area contributed by atoms with Gasteiger partial charge >= 0.3 is 0 Å². The van der Waals surface area contributed by atoms with Gasteiger partial charge in [-0.15, -0.1) is 0 Å². The van der Waals surface area contributed by atoms with E-state index in [1.54, 1.807) is 7.11 Å². The SMILES string of the molecule is COc1ccc(NC(=S)C(C(=O)c2ccccc2)=P(c2ccccc2)(c2ccccc2)c2ccccc2)cc1. The molecule has 0 aliphatic heterocycles. The molecule has 0 spiro atoms. The Hall–Kier alpha value is -4.24. The van der Waals surface area contributed by atoms with Crippen molar-refractivity contribution in [1.82, 2.24) is 0 Å². The van der Waals surface area contributed by atoms with Gasteiger partial charge in [-0.3, -0.25) is 4.79 Å². The fraction of sp³-hybridized carbons (Fsp3) is 0.0294. The third-order valence-electron chi connectivity index (χ3n) is 6.58. The number of thiocarbonyl (C=S) groups is 1. The molecule has 3 nitrogen and oxygen atoms in total. The summed E-state index contributed by atoms with van der Waals surface area (Å²) in [6.07, 6.45) is 0. The number of carbonyl (C=O) groups is 1. The Kier molecular flexibility index (Phi) is 8.17. The van der Waals surface area contributed by atoms with Gasteiger partial charge in [0.05, 0.1) is 12.4 Å². The van der Waals surface area contributed by atoms with Crippen molar-refractivity contribution in [3.8, 4) is 5.75 Å². The molecule has 5 heteroatoms. The van der Waals surface area contributed by atoms with Crippen LogP contribution < -0.4 is 26.0 Å². The number of rotatable bonds is 8. The zero-order valence-corrected chi connectivity index (χ0v) is 23.2. The molecule has 5 aromatic rings. The second-order valence-corrected chi connectivity index (χ2v) is 12.7. The molecule has 0 atom stereocenters. The molecule has 0 heterocycles. The predicted molar refractivity (Wildman–Crippen MR) is 170 cm³/mol. The number of hydrogen-bond acceptors (Lipinski definition) is 3. The van der Waals surface area contributed by atoms with Gasteiger partial charge in [-0.1, -0.05) is 134 Å². The van der Waals surface area contributed by atoms with E-state index in [-0.39, 0.29) is 5.78 Å². The van der Waals surface area contributed by atoms with E-state index in [0.29, 0.717) is 15.8 Å². The van der Waals surface area contributed by atoms with E-state index in [2.05, 4.69) is 41.7 Å². The van der Waals surface area contributed by atoms with E-state index in [0.717, 1.165) is 27.4 Å². The van der Waals surface area contributed by atoms with Gasteiger partial charge in [-0.05, 0) is 47.1 Å². The Morgan fingerprint density at radius 3 is 1.44 bits per heavy atom. The van der Waals surface area contributed by atoms with Crippen LogP contribution in [0.5, 0.6) is 5.75 Å². The first-order valence-electron chi connectivity index (χ1n) is 12.6. The van der Waals surface area contributed by atoms with Crippen molar-refractivity contribution in [3.05, 3.63) is 151 Å². The molecule has 0 saturated carbocycles. The van der Waals surface area contributed by atoms with E-state index in [4.69, 9.17) is 17.0 Å². The van der Waals surface area contributed by atoms with Gasteiger partial charge in [0.1, 0.15) is 10.7 Å². The molecule has 0 aliphatic rings. The fourth-order valence-corrected chi connectivity index (χ4v) is 9.73. The first kappa shape index (κ1) is 26.4. The predicted octanol–water partition coefficient (Wildman–Crippen LogP) is 6.48. The zero-order valence-electron chi connectivity index (χ0n) is 21.5. The molecule has 1 N–H and O–H groups in total. The molecule has 0 aromatic heterocycles. The first-order chi connectivity index (χ1) is 19.1. The van der Waals surface area contributed by atoms with Gasteiger partial charge in [0.15, 0.2) is 5.78 Å². The number of nitrogens with one attached hydrogen (secondary N) is 1. The molecule has 192 valence electrons. The Balaban J connectivity index is 1.90. The summed E-state index contributed by atoms with van der Waals surface area (Å²) in [6, 6.07) is 47.8. The summed E-state index contributed by atoms with van der Waals surface area (Å²) in [5.41, 5.74) is 1.38. The van der Waals surface area contributed by atoms with Crippen LogP contribution in [0.1, 0.15) is 10.4 Å². The minimum Gasteiger partial charge on any atom is -0.497 e. The maximum absolute atomic E-state index is 14.7. The van der Waals surface area contributed by atoms with Gasteiger partial charge in [0.2, 0.25) is 0 Å². The number of ether oxygens (including phenoxy) is 1.